The summed E-state index contributed by atoms with van der Waals surface area (Å²) in [6.07, 6.45) is -8.16. The van der Waals surface area contributed by atoms with E-state index < -0.39 is 34.1 Å². The van der Waals surface area contributed by atoms with Gasteiger partial charge in [-0.05, 0) is 18.2 Å². The highest BCUT2D eigenvalue weighted by Gasteiger charge is 2.45. The number of rotatable bonds is 4. The van der Waals surface area contributed by atoms with E-state index in [-0.39, 0.29) is 10.6 Å². The van der Waals surface area contributed by atoms with Crippen molar-refractivity contribution < 1.29 is 35.7 Å². The van der Waals surface area contributed by atoms with Crippen LogP contribution < -0.4 is 0 Å². The third kappa shape index (κ3) is 5.81. The van der Waals surface area contributed by atoms with Crippen molar-refractivity contribution in [2.45, 2.75) is 12.3 Å². The van der Waals surface area contributed by atoms with Crippen molar-refractivity contribution in [3.8, 4) is 0 Å². The molecule has 0 heterocycles. The minimum absolute atomic E-state index is 0.179. The molecule has 0 spiro atoms. The maximum atomic E-state index is 12.6. The molecule has 11 heteroatoms. The monoisotopic (exact) mass is 410 g/mol. The number of benzene rings is 1. The van der Waals surface area contributed by atoms with E-state index in [1.807, 2.05) is 0 Å². The summed E-state index contributed by atoms with van der Waals surface area (Å²) < 4.78 is 71.9. The van der Waals surface area contributed by atoms with Crippen LogP contribution in [-0.4, -0.2) is 37.0 Å². The minimum Gasteiger partial charge on any atom is -0.448 e. The molecule has 0 aromatic heterocycles. The van der Waals surface area contributed by atoms with Gasteiger partial charge in [-0.15, -0.1) is 0 Å². The molecule has 0 saturated heterocycles. The Labute approximate surface area is 130 Å². The van der Waals surface area contributed by atoms with Crippen LogP contribution in [0.1, 0.15) is 10.4 Å². The van der Waals surface area contributed by atoms with Gasteiger partial charge in [0.1, 0.15) is 5.75 Å². The summed E-state index contributed by atoms with van der Waals surface area (Å²) in [4.78, 5) is 11.6. The van der Waals surface area contributed by atoms with Crippen LogP contribution >= 0.6 is 27.5 Å². The fourth-order valence-corrected chi connectivity index (χ4v) is 2.62. The zero-order chi connectivity index (χ0) is 16.4. The van der Waals surface area contributed by atoms with E-state index in [0.717, 1.165) is 6.07 Å². The number of carbonyl (C=O) groups is 1. The van der Waals surface area contributed by atoms with Crippen molar-refractivity contribution in [3.05, 3.63) is 33.3 Å². The average molecular weight is 412 g/mol. The maximum Gasteiger partial charge on any atom is 0.426 e. The highest BCUT2D eigenvalue weighted by atomic mass is 79.9. The Balaban J connectivity index is 3.01. The number of ether oxygens (including phenoxy) is 1. The molecule has 0 aliphatic rings. The summed E-state index contributed by atoms with van der Waals surface area (Å²) in [5, 5.41) is -0.179. The lowest BCUT2D eigenvalue weighted by Gasteiger charge is -2.19. The first kappa shape index (κ1) is 18.2. The number of hydrogen-bond acceptors (Lipinski definition) is 4. The van der Waals surface area contributed by atoms with E-state index in [2.05, 4.69) is 20.7 Å². The van der Waals surface area contributed by atoms with Gasteiger partial charge in [-0.25, -0.2) is 4.79 Å². The van der Waals surface area contributed by atoms with Crippen LogP contribution in [0, 0.1) is 0 Å². The smallest absolute Gasteiger partial charge is 0.426 e. The maximum absolute atomic E-state index is 12.6. The standard InChI is InChI=1S/C10H7BrClF3O5S/c11-5-1-2-6(7(12)3-5)9(16)20-8(10(13,14)15)4-21(17,18)19/h1-3,8H,4H2,(H,17,18,19). The van der Waals surface area contributed by atoms with Crippen molar-refractivity contribution in [1.82, 2.24) is 0 Å². The quantitative estimate of drug-likeness (QED) is 0.608. The van der Waals surface area contributed by atoms with Crippen LogP contribution in [0.3, 0.4) is 0 Å². The summed E-state index contributed by atoms with van der Waals surface area (Å²) in [6, 6.07) is 3.70. The van der Waals surface area contributed by atoms with E-state index in [1.165, 1.54) is 12.1 Å². The fourth-order valence-electron chi connectivity index (χ4n) is 1.23. The Morgan fingerprint density at radius 2 is 2.00 bits per heavy atom. The first-order chi connectivity index (χ1) is 9.40. The molecule has 0 saturated carbocycles. The topological polar surface area (TPSA) is 80.7 Å². The van der Waals surface area contributed by atoms with Gasteiger partial charge >= 0.3 is 12.1 Å². The third-order valence-corrected chi connectivity index (χ3v) is 3.66. The van der Waals surface area contributed by atoms with Crippen molar-refractivity contribution in [2.24, 2.45) is 0 Å². The number of hydrogen-bond donors (Lipinski definition) is 1. The molecule has 1 unspecified atom stereocenters. The van der Waals surface area contributed by atoms with Crippen LogP contribution in [0.25, 0.3) is 0 Å². The van der Waals surface area contributed by atoms with Crippen LogP contribution in [0.5, 0.6) is 0 Å². The van der Waals surface area contributed by atoms with Gasteiger partial charge in [0.25, 0.3) is 10.1 Å². The van der Waals surface area contributed by atoms with Crippen molar-refractivity contribution in [2.75, 3.05) is 5.75 Å². The number of halogens is 5. The molecule has 1 N–H and O–H groups in total. The van der Waals surface area contributed by atoms with E-state index in [1.54, 1.807) is 0 Å². The van der Waals surface area contributed by atoms with E-state index >= 15 is 0 Å². The predicted octanol–water partition coefficient (Wildman–Crippen LogP) is 3.08. The molecule has 0 bridgehead atoms. The molecule has 1 aromatic carbocycles. The van der Waals surface area contributed by atoms with Gasteiger partial charge in [0, 0.05) is 4.47 Å². The summed E-state index contributed by atoms with van der Waals surface area (Å²) >= 11 is 8.71. The molecule has 0 fully saturated rings. The highest BCUT2D eigenvalue weighted by Crippen LogP contribution is 2.27. The van der Waals surface area contributed by atoms with Gasteiger partial charge in [-0.2, -0.15) is 21.6 Å². The largest absolute Gasteiger partial charge is 0.448 e. The predicted molar refractivity (Wildman–Crippen MR) is 70.8 cm³/mol. The number of carbonyl (C=O) groups excluding carboxylic acids is 1. The zero-order valence-corrected chi connectivity index (χ0v) is 13.1. The normalized spacial score (nSPS) is 13.8. The van der Waals surface area contributed by atoms with E-state index in [0.29, 0.717) is 4.47 Å². The van der Waals surface area contributed by atoms with Crippen molar-refractivity contribution in [3.63, 3.8) is 0 Å². The molecule has 1 rings (SSSR count). The fraction of sp³-hybridized carbons (Fsp3) is 0.300. The highest BCUT2D eigenvalue weighted by molar-refractivity contribution is 9.10. The average Bonchev–Trinajstić information content (AvgIpc) is 2.24. The van der Waals surface area contributed by atoms with Gasteiger partial charge in [-0.1, -0.05) is 27.5 Å². The second kappa shape index (κ2) is 6.51. The van der Waals surface area contributed by atoms with Crippen LogP contribution in [0.2, 0.25) is 5.02 Å². The summed E-state index contributed by atoms with van der Waals surface area (Å²) in [5.41, 5.74) is -0.371. The molecular weight excluding hydrogens is 405 g/mol. The third-order valence-electron chi connectivity index (χ3n) is 2.13. The zero-order valence-electron chi connectivity index (χ0n) is 9.89. The lowest BCUT2D eigenvalue weighted by molar-refractivity contribution is -0.197. The Morgan fingerprint density at radius 1 is 1.43 bits per heavy atom. The van der Waals surface area contributed by atoms with E-state index in [9.17, 15) is 26.4 Å². The Hall–Kier alpha value is -0.840. The van der Waals surface area contributed by atoms with Crippen molar-refractivity contribution >= 4 is 43.6 Å². The lowest BCUT2D eigenvalue weighted by atomic mass is 10.2. The number of esters is 1. The van der Waals surface area contributed by atoms with Gasteiger partial charge < -0.3 is 4.74 Å². The molecule has 0 aliphatic carbocycles. The van der Waals surface area contributed by atoms with Gasteiger partial charge in [0.05, 0.1) is 10.6 Å². The van der Waals surface area contributed by atoms with E-state index in [4.69, 9.17) is 16.2 Å². The van der Waals surface area contributed by atoms with Crippen LogP contribution in [-0.2, 0) is 14.9 Å². The lowest BCUT2D eigenvalue weighted by Crippen LogP contribution is -2.39. The summed E-state index contributed by atoms with van der Waals surface area (Å²) in [5.74, 6) is -3.25. The molecule has 0 aliphatic heterocycles. The molecule has 118 valence electrons. The molecule has 1 aromatic rings. The first-order valence-electron chi connectivity index (χ1n) is 5.08. The van der Waals surface area contributed by atoms with Gasteiger partial charge in [0.15, 0.2) is 0 Å². The summed E-state index contributed by atoms with van der Waals surface area (Å²) in [7, 11) is -4.99. The Kier molecular flexibility index (Phi) is 5.64. The minimum atomic E-state index is -5.16. The SMILES string of the molecule is O=C(OC(CS(=O)(=O)O)C(F)(F)F)c1ccc(Br)cc1Cl. The molecule has 1 atom stereocenters. The summed E-state index contributed by atoms with van der Waals surface area (Å²) in [6.45, 7) is 0. The second-order valence-corrected chi connectivity index (χ2v) is 6.63. The van der Waals surface area contributed by atoms with Crippen LogP contribution in [0.4, 0.5) is 13.2 Å². The molecule has 0 amide bonds. The Morgan fingerprint density at radius 3 is 2.43 bits per heavy atom. The second-order valence-electron chi connectivity index (χ2n) is 3.81. The first-order valence-corrected chi connectivity index (χ1v) is 7.86. The number of alkyl halides is 3. The van der Waals surface area contributed by atoms with Gasteiger partial charge in [-0.3, -0.25) is 4.55 Å². The molecule has 0 radical (unpaired) electrons. The molecule has 21 heavy (non-hydrogen) atoms. The van der Waals surface area contributed by atoms with Gasteiger partial charge in [0.2, 0.25) is 6.10 Å². The molecular formula is C10H7BrClF3O5S. The Bertz CT molecular complexity index is 647. The van der Waals surface area contributed by atoms with Crippen molar-refractivity contribution in [1.29, 1.82) is 0 Å². The molecule has 5 nitrogen and oxygen atoms in total. The van der Waals surface area contributed by atoms with Crippen LogP contribution in [0.15, 0.2) is 22.7 Å².